The van der Waals surface area contributed by atoms with E-state index in [1.54, 1.807) is 6.07 Å². The second kappa shape index (κ2) is 12.1. The third kappa shape index (κ3) is 6.72. The van der Waals surface area contributed by atoms with Crippen LogP contribution in [-0.2, 0) is 12.8 Å². The summed E-state index contributed by atoms with van der Waals surface area (Å²) in [5.41, 5.74) is 6.91. The Bertz CT molecular complexity index is 1400. The van der Waals surface area contributed by atoms with Gasteiger partial charge in [0, 0.05) is 31.5 Å². The fourth-order valence-electron chi connectivity index (χ4n) is 4.93. The summed E-state index contributed by atoms with van der Waals surface area (Å²) in [5.74, 6) is 1.41. The Morgan fingerprint density at radius 1 is 0.692 bits per heavy atom. The summed E-state index contributed by atoms with van der Waals surface area (Å²) in [6.45, 7) is 3.32. The lowest BCUT2D eigenvalue weighted by Crippen LogP contribution is -2.15. The van der Waals surface area contributed by atoms with Gasteiger partial charge in [-0.25, -0.2) is 4.39 Å². The number of nitrogens with zero attached hydrogens (tertiary/aromatic N) is 4. The number of aliphatic imine (C=N–C) groups is 2. The highest BCUT2D eigenvalue weighted by Crippen LogP contribution is 2.34. The molecule has 2 aliphatic rings. The number of fused-ring (bicyclic) bond motifs is 2. The fraction of sp³-hybridized carbons (Fsp3) is 0.375. The molecule has 5 rings (SSSR count). The normalized spacial score (nSPS) is 13.9. The van der Waals surface area contributed by atoms with Gasteiger partial charge in [0.2, 0.25) is 0 Å². The smallest absolute Gasteiger partial charge is 0.132 e. The lowest BCUT2D eigenvalue weighted by Gasteiger charge is -2.11. The van der Waals surface area contributed by atoms with E-state index in [0.29, 0.717) is 31.6 Å². The molecule has 0 saturated carbocycles. The predicted molar refractivity (Wildman–Crippen MR) is 156 cm³/mol. The molecular formula is C32H37FN4O2. The number of hydrogen-bond donors (Lipinski definition) is 0. The molecule has 0 atom stereocenters. The van der Waals surface area contributed by atoms with Crippen molar-refractivity contribution in [3.63, 3.8) is 0 Å². The molecule has 0 aromatic heterocycles. The number of benzene rings is 3. The van der Waals surface area contributed by atoms with Crippen molar-refractivity contribution in [3.05, 3.63) is 82.7 Å². The molecule has 0 unspecified atom stereocenters. The van der Waals surface area contributed by atoms with Gasteiger partial charge < -0.3 is 19.3 Å². The van der Waals surface area contributed by atoms with Crippen molar-refractivity contribution in [2.75, 3.05) is 54.5 Å². The first-order valence-corrected chi connectivity index (χ1v) is 13.6. The second-order valence-corrected chi connectivity index (χ2v) is 10.8. The third-order valence-corrected chi connectivity index (χ3v) is 6.98. The van der Waals surface area contributed by atoms with Gasteiger partial charge in [0.1, 0.15) is 17.3 Å². The van der Waals surface area contributed by atoms with E-state index in [2.05, 4.69) is 44.1 Å². The van der Waals surface area contributed by atoms with Crippen LogP contribution >= 0.6 is 0 Å². The van der Waals surface area contributed by atoms with Gasteiger partial charge in [-0.1, -0.05) is 6.07 Å². The molecule has 2 heterocycles. The van der Waals surface area contributed by atoms with E-state index in [1.807, 2.05) is 42.5 Å². The van der Waals surface area contributed by atoms with Gasteiger partial charge in [-0.05, 0) is 106 Å². The van der Waals surface area contributed by atoms with E-state index < -0.39 is 0 Å². The van der Waals surface area contributed by atoms with Crippen LogP contribution in [-0.4, -0.2) is 75.7 Å². The number of hydrogen-bond acceptors (Lipinski definition) is 6. The molecule has 0 amide bonds. The Morgan fingerprint density at radius 3 is 1.77 bits per heavy atom. The summed E-state index contributed by atoms with van der Waals surface area (Å²) < 4.78 is 27.2. The Kier molecular flexibility index (Phi) is 8.38. The zero-order chi connectivity index (χ0) is 27.4. The summed E-state index contributed by atoms with van der Waals surface area (Å²) in [6, 6.07) is 17.3. The van der Waals surface area contributed by atoms with Gasteiger partial charge >= 0.3 is 0 Å². The lowest BCUT2D eigenvalue weighted by atomic mass is 9.99. The molecule has 39 heavy (non-hydrogen) atoms. The standard InChI is InChI=1S/C32H37FN4O2/c1-36(2)13-5-15-38-25-8-11-29-23(17-25)20-31(34-29)22-7-10-27(28(33)19-22)32-21-24-18-26(9-12-30(24)35-32)39-16-6-14-37(3)4/h7-12,17-19H,5-6,13-16,20-21H2,1-4H3. The quantitative estimate of drug-likeness (QED) is 0.277. The van der Waals surface area contributed by atoms with Gasteiger partial charge in [-0.15, -0.1) is 0 Å². The summed E-state index contributed by atoms with van der Waals surface area (Å²) in [5, 5.41) is 0. The largest absolute Gasteiger partial charge is 0.494 e. The molecule has 204 valence electrons. The Balaban J connectivity index is 1.20. The van der Waals surface area contributed by atoms with E-state index in [4.69, 9.17) is 19.5 Å². The zero-order valence-corrected chi connectivity index (χ0v) is 23.3. The maximum Gasteiger partial charge on any atom is 0.132 e. The molecule has 0 aliphatic carbocycles. The predicted octanol–water partition coefficient (Wildman–Crippen LogP) is 5.84. The van der Waals surface area contributed by atoms with Gasteiger partial charge in [-0.2, -0.15) is 0 Å². The number of halogens is 1. The fourth-order valence-corrected chi connectivity index (χ4v) is 4.93. The number of ether oxygens (including phenoxy) is 2. The minimum atomic E-state index is -0.275. The molecule has 0 bridgehead atoms. The van der Waals surface area contributed by atoms with Crippen molar-refractivity contribution in [1.82, 2.24) is 9.80 Å². The molecule has 7 heteroatoms. The van der Waals surface area contributed by atoms with E-state index in [0.717, 1.165) is 76.9 Å². The Morgan fingerprint density at radius 2 is 1.23 bits per heavy atom. The Hall–Kier alpha value is -3.55. The van der Waals surface area contributed by atoms with Crippen LogP contribution in [0.3, 0.4) is 0 Å². The van der Waals surface area contributed by atoms with E-state index >= 15 is 4.39 Å². The molecule has 0 N–H and O–H groups in total. The van der Waals surface area contributed by atoms with Gasteiger partial charge in [0.25, 0.3) is 0 Å². The highest BCUT2D eigenvalue weighted by molar-refractivity contribution is 6.09. The molecule has 6 nitrogen and oxygen atoms in total. The lowest BCUT2D eigenvalue weighted by molar-refractivity contribution is 0.281. The first-order chi connectivity index (χ1) is 18.9. The minimum absolute atomic E-state index is 0.275. The highest BCUT2D eigenvalue weighted by atomic mass is 19.1. The molecule has 0 saturated heterocycles. The van der Waals surface area contributed by atoms with Crippen LogP contribution in [0.25, 0.3) is 0 Å². The highest BCUT2D eigenvalue weighted by Gasteiger charge is 2.22. The average molecular weight is 529 g/mol. The molecular weight excluding hydrogens is 491 g/mol. The second-order valence-electron chi connectivity index (χ2n) is 10.8. The van der Waals surface area contributed by atoms with Gasteiger partial charge in [0.05, 0.1) is 36.0 Å². The van der Waals surface area contributed by atoms with Crippen LogP contribution < -0.4 is 9.47 Å². The summed E-state index contributed by atoms with van der Waals surface area (Å²) in [7, 11) is 8.23. The van der Waals surface area contributed by atoms with Crippen LogP contribution in [0, 0.1) is 5.82 Å². The van der Waals surface area contributed by atoms with E-state index in [1.165, 1.54) is 0 Å². The molecule has 0 radical (unpaired) electrons. The average Bonchev–Trinajstić information content (AvgIpc) is 3.52. The zero-order valence-electron chi connectivity index (χ0n) is 23.3. The third-order valence-electron chi connectivity index (χ3n) is 6.98. The maximum atomic E-state index is 15.4. The maximum absolute atomic E-state index is 15.4. The topological polar surface area (TPSA) is 49.7 Å². The minimum Gasteiger partial charge on any atom is -0.494 e. The van der Waals surface area contributed by atoms with Crippen molar-refractivity contribution < 1.29 is 13.9 Å². The van der Waals surface area contributed by atoms with Crippen LogP contribution in [0.15, 0.2) is 64.6 Å². The number of rotatable bonds is 12. The SMILES string of the molecule is CN(C)CCCOc1ccc2c(c1)CC(c1ccc(C3=Nc4ccc(OCCCN(C)C)cc4C3)c(F)c1)=N2. The first kappa shape index (κ1) is 27.0. The van der Waals surface area contributed by atoms with Gasteiger partial charge in [-0.3, -0.25) is 9.98 Å². The van der Waals surface area contributed by atoms with Crippen LogP contribution in [0.5, 0.6) is 11.5 Å². The van der Waals surface area contributed by atoms with Crippen molar-refractivity contribution in [3.8, 4) is 11.5 Å². The molecule has 3 aromatic carbocycles. The van der Waals surface area contributed by atoms with E-state index in [-0.39, 0.29) is 5.82 Å². The molecule has 2 aliphatic heterocycles. The van der Waals surface area contributed by atoms with Crippen molar-refractivity contribution in [2.24, 2.45) is 9.98 Å². The van der Waals surface area contributed by atoms with E-state index in [9.17, 15) is 0 Å². The molecule has 0 fully saturated rings. The monoisotopic (exact) mass is 528 g/mol. The van der Waals surface area contributed by atoms with Crippen molar-refractivity contribution in [2.45, 2.75) is 25.7 Å². The summed E-state index contributed by atoms with van der Waals surface area (Å²) in [4.78, 5) is 13.8. The summed E-state index contributed by atoms with van der Waals surface area (Å²) in [6.07, 6.45) is 3.18. The molecule has 0 spiro atoms. The van der Waals surface area contributed by atoms with Crippen molar-refractivity contribution >= 4 is 22.8 Å². The first-order valence-electron chi connectivity index (χ1n) is 13.6. The van der Waals surface area contributed by atoms with Crippen LogP contribution in [0.4, 0.5) is 15.8 Å². The summed E-state index contributed by atoms with van der Waals surface area (Å²) >= 11 is 0. The van der Waals surface area contributed by atoms with Gasteiger partial charge in [0.15, 0.2) is 0 Å². The van der Waals surface area contributed by atoms with Crippen LogP contribution in [0.1, 0.15) is 35.1 Å². The Labute approximate surface area is 230 Å². The van der Waals surface area contributed by atoms with Crippen molar-refractivity contribution in [1.29, 1.82) is 0 Å². The molecule has 3 aromatic rings. The van der Waals surface area contributed by atoms with Crippen LogP contribution in [0.2, 0.25) is 0 Å².